The Kier molecular flexibility index (Phi) is 6.34. The standard InChI is InChI=1S/C23H22F3N5O/c24-23(25,26)17-10-12-27-20(15-17)30-22-28-13-11-18(29-22)19-7-4-14-31(19)21(32)9-8-16-5-2-1-3-6-16/h1-3,5-6,10-13,15,19H,4,7-9,14H2,(H,27,28,29,30). The summed E-state index contributed by atoms with van der Waals surface area (Å²) in [6, 6.07) is 13.2. The predicted octanol–water partition coefficient (Wildman–Crippen LogP) is 4.93. The molecule has 1 unspecified atom stereocenters. The maximum atomic E-state index is 12.9. The van der Waals surface area contributed by atoms with Gasteiger partial charge >= 0.3 is 6.18 Å². The minimum Gasteiger partial charge on any atom is -0.334 e. The molecule has 4 rings (SSSR count). The summed E-state index contributed by atoms with van der Waals surface area (Å²) in [5.74, 6) is 0.195. The van der Waals surface area contributed by atoms with Gasteiger partial charge in [-0.25, -0.2) is 15.0 Å². The van der Waals surface area contributed by atoms with Crippen LogP contribution in [0.1, 0.15) is 42.1 Å². The molecule has 1 saturated heterocycles. The number of hydrogen-bond donors (Lipinski definition) is 1. The molecule has 6 nitrogen and oxygen atoms in total. The highest BCUT2D eigenvalue weighted by atomic mass is 19.4. The van der Waals surface area contributed by atoms with Crippen LogP contribution in [0.2, 0.25) is 0 Å². The van der Waals surface area contributed by atoms with E-state index in [9.17, 15) is 18.0 Å². The molecule has 1 amide bonds. The Hall–Kier alpha value is -3.49. The van der Waals surface area contributed by atoms with Crippen LogP contribution in [0.3, 0.4) is 0 Å². The highest BCUT2D eigenvalue weighted by Gasteiger charge is 2.32. The van der Waals surface area contributed by atoms with E-state index < -0.39 is 11.7 Å². The summed E-state index contributed by atoms with van der Waals surface area (Å²) in [7, 11) is 0. The van der Waals surface area contributed by atoms with Crippen molar-refractivity contribution in [1.82, 2.24) is 19.9 Å². The Morgan fingerprint density at radius 3 is 2.66 bits per heavy atom. The van der Waals surface area contributed by atoms with E-state index >= 15 is 0 Å². The van der Waals surface area contributed by atoms with Crippen LogP contribution in [0.5, 0.6) is 0 Å². The summed E-state index contributed by atoms with van der Waals surface area (Å²) in [5.41, 5.74) is 0.955. The number of nitrogens with zero attached hydrogens (tertiary/aromatic N) is 4. The van der Waals surface area contributed by atoms with Crippen LogP contribution in [0.4, 0.5) is 24.9 Å². The lowest BCUT2D eigenvalue weighted by Crippen LogP contribution is -2.31. The molecule has 1 atom stereocenters. The molecule has 0 saturated carbocycles. The number of aromatic nitrogens is 3. The number of likely N-dealkylation sites (tertiary alicyclic amines) is 1. The van der Waals surface area contributed by atoms with E-state index in [1.807, 2.05) is 35.2 Å². The molecule has 1 N–H and O–H groups in total. The van der Waals surface area contributed by atoms with Crippen molar-refractivity contribution in [2.24, 2.45) is 0 Å². The predicted molar refractivity (Wildman–Crippen MR) is 113 cm³/mol. The number of carbonyl (C=O) groups is 1. The molecule has 32 heavy (non-hydrogen) atoms. The van der Waals surface area contributed by atoms with Crippen molar-refractivity contribution in [2.75, 3.05) is 11.9 Å². The van der Waals surface area contributed by atoms with Crippen molar-refractivity contribution >= 4 is 17.7 Å². The lowest BCUT2D eigenvalue weighted by molar-refractivity contribution is -0.137. The average molecular weight is 441 g/mol. The maximum Gasteiger partial charge on any atom is 0.416 e. The summed E-state index contributed by atoms with van der Waals surface area (Å²) in [4.78, 5) is 27.2. The Labute approximate surface area is 183 Å². The number of alkyl halides is 3. The van der Waals surface area contributed by atoms with Gasteiger partial charge in [-0.2, -0.15) is 13.2 Å². The summed E-state index contributed by atoms with van der Waals surface area (Å²) in [5, 5.41) is 2.73. The van der Waals surface area contributed by atoms with Gasteiger partial charge in [0.05, 0.1) is 17.3 Å². The Morgan fingerprint density at radius 2 is 1.88 bits per heavy atom. The Morgan fingerprint density at radius 1 is 1.09 bits per heavy atom. The monoisotopic (exact) mass is 441 g/mol. The fourth-order valence-electron chi connectivity index (χ4n) is 3.82. The van der Waals surface area contributed by atoms with Crippen LogP contribution in [-0.2, 0) is 17.4 Å². The van der Waals surface area contributed by atoms with E-state index in [0.717, 1.165) is 36.7 Å². The summed E-state index contributed by atoms with van der Waals surface area (Å²) < 4.78 is 38.8. The van der Waals surface area contributed by atoms with Crippen LogP contribution in [0.25, 0.3) is 0 Å². The summed E-state index contributed by atoms with van der Waals surface area (Å²) >= 11 is 0. The first-order valence-corrected chi connectivity index (χ1v) is 10.4. The van der Waals surface area contributed by atoms with Crippen molar-refractivity contribution in [1.29, 1.82) is 0 Å². The third-order valence-corrected chi connectivity index (χ3v) is 5.39. The molecule has 9 heteroatoms. The lowest BCUT2D eigenvalue weighted by Gasteiger charge is -2.24. The number of rotatable bonds is 6. The zero-order chi connectivity index (χ0) is 22.6. The van der Waals surface area contributed by atoms with Crippen molar-refractivity contribution in [3.05, 3.63) is 77.7 Å². The van der Waals surface area contributed by atoms with Crippen LogP contribution >= 0.6 is 0 Å². The SMILES string of the molecule is O=C(CCc1ccccc1)N1CCCC1c1ccnc(Nc2cc(C(F)(F)F)ccn2)n1. The van der Waals surface area contributed by atoms with Crippen molar-refractivity contribution in [3.8, 4) is 0 Å². The van der Waals surface area contributed by atoms with Crippen LogP contribution < -0.4 is 5.32 Å². The number of anilines is 2. The van der Waals surface area contributed by atoms with Gasteiger partial charge in [-0.15, -0.1) is 0 Å². The van der Waals surface area contributed by atoms with Gasteiger partial charge < -0.3 is 10.2 Å². The van der Waals surface area contributed by atoms with Crippen LogP contribution in [-0.4, -0.2) is 32.3 Å². The Balaban J connectivity index is 1.45. The third-order valence-electron chi connectivity index (χ3n) is 5.39. The fraction of sp³-hybridized carbons (Fsp3) is 0.304. The molecule has 166 valence electrons. The van der Waals surface area contributed by atoms with E-state index in [1.165, 1.54) is 6.20 Å². The number of halogens is 3. The number of amides is 1. The van der Waals surface area contributed by atoms with Gasteiger partial charge in [0.1, 0.15) is 5.82 Å². The molecular weight excluding hydrogens is 419 g/mol. The second-order valence-corrected chi connectivity index (χ2v) is 7.59. The molecule has 0 radical (unpaired) electrons. The van der Waals surface area contributed by atoms with Gasteiger partial charge in [0, 0.05) is 25.4 Å². The van der Waals surface area contributed by atoms with E-state index in [4.69, 9.17) is 0 Å². The van der Waals surface area contributed by atoms with Crippen molar-refractivity contribution < 1.29 is 18.0 Å². The second kappa shape index (κ2) is 9.33. The van der Waals surface area contributed by atoms with E-state index in [2.05, 4.69) is 20.3 Å². The van der Waals surface area contributed by atoms with Gasteiger partial charge in [0.25, 0.3) is 0 Å². The first kappa shape index (κ1) is 21.7. The van der Waals surface area contributed by atoms with Gasteiger partial charge in [-0.1, -0.05) is 30.3 Å². The molecule has 3 aromatic rings. The number of pyridine rings is 1. The molecular formula is C23H22F3N5O. The van der Waals surface area contributed by atoms with Gasteiger partial charge in [0.15, 0.2) is 0 Å². The summed E-state index contributed by atoms with van der Waals surface area (Å²) in [6.45, 7) is 0.653. The van der Waals surface area contributed by atoms with Gasteiger partial charge in [-0.3, -0.25) is 4.79 Å². The van der Waals surface area contributed by atoms with E-state index in [1.54, 1.807) is 6.07 Å². The van der Waals surface area contributed by atoms with Crippen molar-refractivity contribution in [3.63, 3.8) is 0 Å². The number of aryl methyl sites for hydroxylation is 1. The van der Waals surface area contributed by atoms with Gasteiger partial charge in [-0.05, 0) is 43.0 Å². The zero-order valence-electron chi connectivity index (χ0n) is 17.2. The maximum absolute atomic E-state index is 12.9. The molecule has 3 heterocycles. The smallest absolute Gasteiger partial charge is 0.334 e. The fourth-order valence-corrected chi connectivity index (χ4v) is 3.82. The number of carbonyl (C=O) groups excluding carboxylic acids is 1. The van der Waals surface area contributed by atoms with E-state index in [-0.39, 0.29) is 23.7 Å². The van der Waals surface area contributed by atoms with Crippen LogP contribution in [0, 0.1) is 0 Å². The first-order chi connectivity index (χ1) is 15.4. The Bertz CT molecular complexity index is 1070. The van der Waals surface area contributed by atoms with Crippen molar-refractivity contribution in [2.45, 2.75) is 37.9 Å². The lowest BCUT2D eigenvalue weighted by atomic mass is 10.1. The molecule has 0 spiro atoms. The topological polar surface area (TPSA) is 71.0 Å². The number of benzene rings is 1. The molecule has 0 bridgehead atoms. The highest BCUT2D eigenvalue weighted by Crippen LogP contribution is 2.33. The molecule has 1 aromatic carbocycles. The molecule has 0 aliphatic carbocycles. The molecule has 1 aliphatic heterocycles. The van der Waals surface area contributed by atoms with Gasteiger partial charge in [0.2, 0.25) is 11.9 Å². The zero-order valence-corrected chi connectivity index (χ0v) is 17.2. The molecule has 1 fully saturated rings. The number of hydrogen-bond acceptors (Lipinski definition) is 5. The number of nitrogens with one attached hydrogen (secondary N) is 1. The first-order valence-electron chi connectivity index (χ1n) is 10.4. The quantitative estimate of drug-likeness (QED) is 0.587. The highest BCUT2D eigenvalue weighted by molar-refractivity contribution is 5.77. The second-order valence-electron chi connectivity index (χ2n) is 7.59. The minimum absolute atomic E-state index is 0.000749. The molecule has 2 aromatic heterocycles. The molecule has 1 aliphatic rings. The average Bonchev–Trinajstić information content (AvgIpc) is 3.28. The van der Waals surface area contributed by atoms with E-state index in [0.29, 0.717) is 25.1 Å². The minimum atomic E-state index is -4.47. The largest absolute Gasteiger partial charge is 0.416 e. The summed E-state index contributed by atoms with van der Waals surface area (Å²) in [6.07, 6.45) is 0.861. The normalized spacial score (nSPS) is 16.2. The van der Waals surface area contributed by atoms with Crippen LogP contribution in [0.15, 0.2) is 60.9 Å². The third kappa shape index (κ3) is 5.22.